The topological polar surface area (TPSA) is 65.5 Å². The Morgan fingerprint density at radius 2 is 1.86 bits per heavy atom. The molecule has 5 nitrogen and oxygen atoms in total. The minimum absolute atomic E-state index is 0.188. The highest BCUT2D eigenvalue weighted by Crippen LogP contribution is 2.25. The van der Waals surface area contributed by atoms with Crippen LogP contribution in [0.1, 0.15) is 58.8 Å². The van der Waals surface area contributed by atoms with Gasteiger partial charge >= 0.3 is 0 Å². The van der Waals surface area contributed by atoms with Crippen molar-refractivity contribution in [3.05, 3.63) is 0 Å². The van der Waals surface area contributed by atoms with Gasteiger partial charge in [0.2, 0.25) is 5.91 Å². The Kier molecular flexibility index (Phi) is 8.87. The molecule has 0 aromatic heterocycles. The summed E-state index contributed by atoms with van der Waals surface area (Å²) in [6, 6.07) is 0.400. The second-order valence-corrected chi connectivity index (χ2v) is 6.01. The van der Waals surface area contributed by atoms with Crippen molar-refractivity contribution in [1.29, 1.82) is 0 Å². The minimum Gasteiger partial charge on any atom is -0.355 e. The van der Waals surface area contributed by atoms with Crippen molar-refractivity contribution >= 4 is 11.9 Å². The molecule has 122 valence electrons. The summed E-state index contributed by atoms with van der Waals surface area (Å²) in [5.41, 5.74) is 0. The van der Waals surface area contributed by atoms with Crippen molar-refractivity contribution in [2.24, 2.45) is 10.9 Å². The Morgan fingerprint density at radius 1 is 1.19 bits per heavy atom. The average Bonchev–Trinajstić information content (AvgIpc) is 2.51. The molecule has 0 spiro atoms. The zero-order valence-electron chi connectivity index (χ0n) is 13.9. The van der Waals surface area contributed by atoms with Gasteiger partial charge in [0.1, 0.15) is 0 Å². The number of aliphatic imine (C=N–C) groups is 1. The highest BCUT2D eigenvalue weighted by atomic mass is 16.1. The van der Waals surface area contributed by atoms with Crippen LogP contribution < -0.4 is 16.0 Å². The molecule has 1 unspecified atom stereocenters. The van der Waals surface area contributed by atoms with Gasteiger partial charge in [-0.25, -0.2) is 0 Å². The predicted molar refractivity (Wildman–Crippen MR) is 88.5 cm³/mol. The van der Waals surface area contributed by atoms with Crippen molar-refractivity contribution < 1.29 is 4.79 Å². The summed E-state index contributed by atoms with van der Waals surface area (Å²) in [6.07, 6.45) is 8.10. The first-order valence-electron chi connectivity index (χ1n) is 8.39. The van der Waals surface area contributed by atoms with E-state index in [2.05, 4.69) is 34.8 Å². The first-order valence-corrected chi connectivity index (χ1v) is 8.39. The molecule has 0 aliphatic heterocycles. The van der Waals surface area contributed by atoms with Gasteiger partial charge < -0.3 is 16.0 Å². The molecule has 1 atom stereocenters. The van der Waals surface area contributed by atoms with Crippen LogP contribution in [-0.2, 0) is 4.79 Å². The van der Waals surface area contributed by atoms with Gasteiger partial charge in [-0.2, -0.15) is 0 Å². The molecular formula is C16H32N4O. The highest BCUT2D eigenvalue weighted by Gasteiger charge is 2.16. The monoisotopic (exact) mass is 296 g/mol. The van der Waals surface area contributed by atoms with Gasteiger partial charge in [0, 0.05) is 32.6 Å². The van der Waals surface area contributed by atoms with E-state index in [-0.39, 0.29) is 5.91 Å². The van der Waals surface area contributed by atoms with E-state index in [1.807, 2.05) is 0 Å². The standard InChI is InChI=1S/C16H32N4O/c1-4-13(2)20-16(17-3)19-11-10-18-15(21)12-14-8-6-5-7-9-14/h13-14H,4-12H2,1-3H3,(H,18,21)(H2,17,19,20). The first-order chi connectivity index (χ1) is 10.2. The lowest BCUT2D eigenvalue weighted by Crippen LogP contribution is -2.44. The quantitative estimate of drug-likeness (QED) is 0.383. The summed E-state index contributed by atoms with van der Waals surface area (Å²) >= 11 is 0. The Morgan fingerprint density at radius 3 is 2.48 bits per heavy atom. The second-order valence-electron chi connectivity index (χ2n) is 6.01. The highest BCUT2D eigenvalue weighted by molar-refractivity contribution is 5.80. The van der Waals surface area contributed by atoms with Crippen molar-refractivity contribution in [2.75, 3.05) is 20.1 Å². The maximum absolute atomic E-state index is 11.9. The summed E-state index contributed by atoms with van der Waals surface area (Å²) in [7, 11) is 1.76. The Balaban J connectivity index is 2.10. The van der Waals surface area contributed by atoms with Gasteiger partial charge in [0.05, 0.1) is 0 Å². The van der Waals surface area contributed by atoms with Crippen LogP contribution in [-0.4, -0.2) is 38.0 Å². The molecule has 0 aromatic rings. The SMILES string of the molecule is CCC(C)NC(=NC)NCCNC(=O)CC1CCCCC1. The molecule has 1 saturated carbocycles. The van der Waals surface area contributed by atoms with E-state index in [1.165, 1.54) is 32.1 Å². The number of nitrogens with one attached hydrogen (secondary N) is 3. The van der Waals surface area contributed by atoms with E-state index in [1.54, 1.807) is 7.05 Å². The van der Waals surface area contributed by atoms with E-state index in [9.17, 15) is 4.79 Å². The van der Waals surface area contributed by atoms with Crippen LogP contribution in [0.5, 0.6) is 0 Å². The van der Waals surface area contributed by atoms with Crippen LogP contribution in [0.15, 0.2) is 4.99 Å². The van der Waals surface area contributed by atoms with Gasteiger partial charge in [0.25, 0.3) is 0 Å². The molecule has 0 saturated heterocycles. The second kappa shape index (κ2) is 10.5. The van der Waals surface area contributed by atoms with Gasteiger partial charge in [-0.1, -0.05) is 26.2 Å². The summed E-state index contributed by atoms with van der Waals surface area (Å²) in [6.45, 7) is 5.61. The van der Waals surface area contributed by atoms with Crippen molar-refractivity contribution in [1.82, 2.24) is 16.0 Å². The third kappa shape index (κ3) is 7.93. The minimum atomic E-state index is 0.188. The number of carbonyl (C=O) groups excluding carboxylic acids is 1. The van der Waals surface area contributed by atoms with E-state index in [0.29, 0.717) is 31.5 Å². The van der Waals surface area contributed by atoms with Crippen LogP contribution >= 0.6 is 0 Å². The first kappa shape index (κ1) is 17.8. The van der Waals surface area contributed by atoms with E-state index < -0.39 is 0 Å². The summed E-state index contributed by atoms with van der Waals surface area (Å²) in [4.78, 5) is 16.0. The maximum atomic E-state index is 11.9. The number of amides is 1. The Labute approximate surface area is 129 Å². The van der Waals surface area contributed by atoms with E-state index in [4.69, 9.17) is 0 Å². The molecule has 5 heteroatoms. The third-order valence-electron chi connectivity index (χ3n) is 4.16. The smallest absolute Gasteiger partial charge is 0.220 e. The van der Waals surface area contributed by atoms with E-state index >= 15 is 0 Å². The molecule has 1 aliphatic rings. The fraction of sp³-hybridized carbons (Fsp3) is 0.875. The van der Waals surface area contributed by atoms with Crippen molar-refractivity contribution in [3.8, 4) is 0 Å². The van der Waals surface area contributed by atoms with Crippen LogP contribution in [0.2, 0.25) is 0 Å². The normalized spacial score (nSPS) is 18.1. The molecule has 0 bridgehead atoms. The van der Waals surface area contributed by atoms with Gasteiger partial charge in [0.15, 0.2) is 5.96 Å². The zero-order chi connectivity index (χ0) is 15.5. The number of nitrogens with zero attached hydrogens (tertiary/aromatic N) is 1. The number of hydrogen-bond acceptors (Lipinski definition) is 2. The van der Waals surface area contributed by atoms with Gasteiger partial charge in [-0.15, -0.1) is 0 Å². The summed E-state index contributed by atoms with van der Waals surface area (Å²) in [5.74, 6) is 1.59. The Hall–Kier alpha value is -1.26. The fourth-order valence-corrected chi connectivity index (χ4v) is 2.64. The molecular weight excluding hydrogens is 264 g/mol. The molecule has 0 heterocycles. The summed E-state index contributed by atoms with van der Waals surface area (Å²) < 4.78 is 0. The predicted octanol–water partition coefficient (Wildman–Crippen LogP) is 2.04. The Bertz CT molecular complexity index is 324. The van der Waals surface area contributed by atoms with Gasteiger partial charge in [-0.3, -0.25) is 9.79 Å². The number of rotatable bonds is 7. The van der Waals surface area contributed by atoms with Crippen LogP contribution in [0.4, 0.5) is 0 Å². The molecule has 1 amide bonds. The van der Waals surface area contributed by atoms with Gasteiger partial charge in [-0.05, 0) is 32.1 Å². The molecule has 21 heavy (non-hydrogen) atoms. The van der Waals surface area contributed by atoms with Crippen molar-refractivity contribution in [2.45, 2.75) is 64.8 Å². The molecule has 0 radical (unpaired) electrons. The molecule has 3 N–H and O–H groups in total. The van der Waals surface area contributed by atoms with Crippen LogP contribution in [0.25, 0.3) is 0 Å². The average molecular weight is 296 g/mol. The lowest BCUT2D eigenvalue weighted by molar-refractivity contribution is -0.122. The largest absolute Gasteiger partial charge is 0.355 e. The lowest BCUT2D eigenvalue weighted by Gasteiger charge is -2.21. The number of carbonyl (C=O) groups is 1. The molecule has 0 aromatic carbocycles. The molecule has 1 rings (SSSR count). The number of hydrogen-bond donors (Lipinski definition) is 3. The van der Waals surface area contributed by atoms with E-state index in [0.717, 1.165) is 12.4 Å². The van der Waals surface area contributed by atoms with Crippen LogP contribution in [0.3, 0.4) is 0 Å². The van der Waals surface area contributed by atoms with Crippen LogP contribution in [0, 0.1) is 5.92 Å². The van der Waals surface area contributed by atoms with Crippen molar-refractivity contribution in [3.63, 3.8) is 0 Å². The fourth-order valence-electron chi connectivity index (χ4n) is 2.64. The number of guanidine groups is 1. The lowest BCUT2D eigenvalue weighted by atomic mass is 9.87. The third-order valence-corrected chi connectivity index (χ3v) is 4.16. The zero-order valence-corrected chi connectivity index (χ0v) is 13.9. The molecule has 1 aliphatic carbocycles. The maximum Gasteiger partial charge on any atom is 0.220 e. The summed E-state index contributed by atoms with van der Waals surface area (Å²) in [5, 5.41) is 9.51. The molecule has 1 fully saturated rings.